The third kappa shape index (κ3) is 3.56. The number of piperidine rings is 1. The molecule has 0 spiro atoms. The Bertz CT molecular complexity index is 514. The molecule has 1 saturated heterocycles. The van der Waals surface area contributed by atoms with Gasteiger partial charge in [-0.05, 0) is 38.4 Å². The Labute approximate surface area is 150 Å². The molecule has 1 aromatic heterocycles. The Morgan fingerprint density at radius 2 is 2.09 bits per heavy atom. The zero-order chi connectivity index (χ0) is 14.8. The Hall–Kier alpha value is -0.830. The van der Waals surface area contributed by atoms with Crippen LogP contribution in [0, 0.1) is 5.92 Å². The molecule has 22 heavy (non-hydrogen) atoms. The molecular formula is C15H27IN6. The van der Waals surface area contributed by atoms with E-state index in [1.165, 1.54) is 18.5 Å². The number of likely N-dealkylation sites (tertiary alicyclic amines) is 1. The normalized spacial score (nSPS) is 25.8. The summed E-state index contributed by atoms with van der Waals surface area (Å²) in [5.74, 6) is 1.64. The van der Waals surface area contributed by atoms with Gasteiger partial charge in [0.05, 0.1) is 18.3 Å². The molecule has 3 rings (SSSR count). The maximum absolute atomic E-state index is 4.53. The summed E-state index contributed by atoms with van der Waals surface area (Å²) in [5.41, 5.74) is 1.31. The van der Waals surface area contributed by atoms with Gasteiger partial charge < -0.3 is 10.2 Å². The van der Waals surface area contributed by atoms with Crippen molar-refractivity contribution in [3.05, 3.63) is 18.0 Å². The van der Waals surface area contributed by atoms with Crippen molar-refractivity contribution < 1.29 is 0 Å². The highest BCUT2D eigenvalue weighted by molar-refractivity contribution is 14.0. The third-order valence-electron chi connectivity index (χ3n) is 4.75. The van der Waals surface area contributed by atoms with Gasteiger partial charge in [-0.25, -0.2) is 0 Å². The van der Waals surface area contributed by atoms with Gasteiger partial charge in [-0.3, -0.25) is 14.6 Å². The van der Waals surface area contributed by atoms with E-state index in [0.29, 0.717) is 12.0 Å². The number of rotatable bonds is 3. The maximum Gasteiger partial charge on any atom is 0.193 e. The second-order valence-corrected chi connectivity index (χ2v) is 6.22. The first-order chi connectivity index (χ1) is 10.2. The highest BCUT2D eigenvalue weighted by Crippen LogP contribution is 2.34. The van der Waals surface area contributed by atoms with Crippen LogP contribution in [0.4, 0.5) is 0 Å². The lowest BCUT2D eigenvalue weighted by Crippen LogP contribution is -2.44. The van der Waals surface area contributed by atoms with Crippen molar-refractivity contribution in [3.63, 3.8) is 0 Å². The average Bonchev–Trinajstić information content (AvgIpc) is 3.05. The quantitative estimate of drug-likeness (QED) is 0.753. The molecule has 7 heteroatoms. The first-order valence-corrected chi connectivity index (χ1v) is 7.84. The number of halogens is 1. The molecule has 1 N–H and O–H groups in total. The van der Waals surface area contributed by atoms with Crippen molar-refractivity contribution in [2.45, 2.75) is 18.9 Å². The average molecular weight is 418 g/mol. The number of hydrogen-bond donors (Lipinski definition) is 1. The highest BCUT2D eigenvalue weighted by atomic mass is 127. The summed E-state index contributed by atoms with van der Waals surface area (Å²) in [6, 6.07) is 2.59. The molecule has 0 unspecified atom stereocenters. The zero-order valence-corrected chi connectivity index (χ0v) is 16.0. The minimum atomic E-state index is 0. The van der Waals surface area contributed by atoms with Crippen LogP contribution in [0.3, 0.4) is 0 Å². The van der Waals surface area contributed by atoms with E-state index >= 15 is 0 Å². The van der Waals surface area contributed by atoms with E-state index in [-0.39, 0.29) is 24.0 Å². The van der Waals surface area contributed by atoms with Crippen molar-refractivity contribution in [3.8, 4) is 0 Å². The second-order valence-electron chi connectivity index (χ2n) is 6.22. The van der Waals surface area contributed by atoms with Crippen LogP contribution < -0.4 is 5.32 Å². The molecule has 2 aliphatic heterocycles. The molecule has 1 fully saturated rings. The number of aryl methyl sites for hydroxylation is 1. The summed E-state index contributed by atoms with van der Waals surface area (Å²) in [6.07, 6.45) is 4.42. The molecule has 6 nitrogen and oxygen atoms in total. The predicted molar refractivity (Wildman–Crippen MR) is 99.7 cm³/mol. The SMILES string of the molecule is CN1CCN=C1NC[C@@H]1CCCN(C)[C@H]1c1ccnn1C.I. The van der Waals surface area contributed by atoms with Crippen LogP contribution in [0.2, 0.25) is 0 Å². The fourth-order valence-corrected chi connectivity index (χ4v) is 3.56. The second kappa shape index (κ2) is 7.63. The van der Waals surface area contributed by atoms with Crippen LogP contribution in [-0.4, -0.2) is 65.8 Å². The van der Waals surface area contributed by atoms with Gasteiger partial charge in [0.2, 0.25) is 0 Å². The van der Waals surface area contributed by atoms with E-state index in [1.54, 1.807) is 0 Å². The van der Waals surface area contributed by atoms with Gasteiger partial charge in [0, 0.05) is 33.4 Å². The summed E-state index contributed by atoms with van der Waals surface area (Å²) < 4.78 is 2.01. The maximum atomic E-state index is 4.53. The molecule has 1 aromatic rings. The molecule has 0 radical (unpaired) electrons. The van der Waals surface area contributed by atoms with Crippen LogP contribution in [0.25, 0.3) is 0 Å². The Morgan fingerprint density at radius 3 is 2.73 bits per heavy atom. The van der Waals surface area contributed by atoms with Crippen molar-refractivity contribution in [2.75, 3.05) is 40.3 Å². The molecule has 3 heterocycles. The number of aliphatic imine (C=N–C) groups is 1. The molecule has 2 aliphatic rings. The topological polar surface area (TPSA) is 48.7 Å². The lowest BCUT2D eigenvalue weighted by Gasteiger charge is -2.39. The summed E-state index contributed by atoms with van der Waals surface area (Å²) in [5, 5.41) is 7.90. The standard InChI is InChI=1S/C15H26N6.HI/c1-19-9-4-5-12(11-17-15-16-8-10-20(15)2)14(19)13-6-7-18-21(13)3;/h6-7,12,14H,4-5,8-11H2,1-3H3,(H,16,17);1H/t12-,14+;/m0./s1. The number of nitrogens with zero attached hydrogens (tertiary/aromatic N) is 5. The summed E-state index contributed by atoms with van der Waals surface area (Å²) >= 11 is 0. The molecular weight excluding hydrogens is 391 g/mol. The Kier molecular flexibility index (Phi) is 6.08. The molecule has 124 valence electrons. The van der Waals surface area contributed by atoms with Crippen LogP contribution in [0.15, 0.2) is 17.3 Å². The van der Waals surface area contributed by atoms with E-state index in [1.807, 2.05) is 17.9 Å². The monoisotopic (exact) mass is 418 g/mol. The first kappa shape index (κ1) is 17.5. The Balaban J connectivity index is 0.00000176. The van der Waals surface area contributed by atoms with Gasteiger partial charge in [-0.1, -0.05) is 0 Å². The van der Waals surface area contributed by atoms with Crippen LogP contribution in [0.1, 0.15) is 24.6 Å². The number of hydrogen-bond acceptors (Lipinski definition) is 5. The van der Waals surface area contributed by atoms with Crippen LogP contribution >= 0.6 is 24.0 Å². The number of nitrogens with one attached hydrogen (secondary N) is 1. The summed E-state index contributed by atoms with van der Waals surface area (Å²) in [7, 11) is 6.37. The molecule has 0 saturated carbocycles. The largest absolute Gasteiger partial charge is 0.356 e. The molecule has 0 aromatic carbocycles. The Morgan fingerprint density at radius 1 is 1.27 bits per heavy atom. The number of likely N-dealkylation sites (N-methyl/N-ethyl adjacent to an activating group) is 1. The van der Waals surface area contributed by atoms with Crippen LogP contribution in [-0.2, 0) is 7.05 Å². The fraction of sp³-hybridized carbons (Fsp3) is 0.733. The van der Waals surface area contributed by atoms with Gasteiger partial charge in [-0.15, -0.1) is 24.0 Å². The molecule has 0 aliphatic carbocycles. The van der Waals surface area contributed by atoms with Crippen molar-refractivity contribution in [2.24, 2.45) is 18.0 Å². The van der Waals surface area contributed by atoms with E-state index in [0.717, 1.165) is 32.1 Å². The minimum Gasteiger partial charge on any atom is -0.356 e. The number of guanidine groups is 1. The van der Waals surface area contributed by atoms with Crippen LogP contribution in [0.5, 0.6) is 0 Å². The lowest BCUT2D eigenvalue weighted by molar-refractivity contribution is 0.115. The summed E-state index contributed by atoms with van der Waals surface area (Å²) in [4.78, 5) is 9.19. The molecule has 0 amide bonds. The fourth-order valence-electron chi connectivity index (χ4n) is 3.56. The van der Waals surface area contributed by atoms with E-state index < -0.39 is 0 Å². The highest BCUT2D eigenvalue weighted by Gasteiger charge is 2.32. The number of aromatic nitrogens is 2. The molecule has 0 bridgehead atoms. The first-order valence-electron chi connectivity index (χ1n) is 7.84. The predicted octanol–water partition coefficient (Wildman–Crippen LogP) is 1.31. The lowest BCUT2D eigenvalue weighted by atomic mass is 9.87. The smallest absolute Gasteiger partial charge is 0.193 e. The van der Waals surface area contributed by atoms with E-state index in [9.17, 15) is 0 Å². The zero-order valence-electron chi connectivity index (χ0n) is 13.7. The van der Waals surface area contributed by atoms with Crippen molar-refractivity contribution in [1.29, 1.82) is 0 Å². The van der Waals surface area contributed by atoms with Crippen molar-refractivity contribution in [1.82, 2.24) is 24.9 Å². The van der Waals surface area contributed by atoms with Crippen molar-refractivity contribution >= 4 is 29.9 Å². The summed E-state index contributed by atoms with van der Waals surface area (Å²) in [6.45, 7) is 4.07. The van der Waals surface area contributed by atoms with E-state index in [4.69, 9.17) is 0 Å². The van der Waals surface area contributed by atoms with E-state index in [2.05, 4.69) is 45.4 Å². The van der Waals surface area contributed by atoms with Gasteiger partial charge in [-0.2, -0.15) is 5.10 Å². The minimum absolute atomic E-state index is 0. The van der Waals surface area contributed by atoms with Gasteiger partial charge in [0.15, 0.2) is 5.96 Å². The van der Waals surface area contributed by atoms with Gasteiger partial charge in [0.1, 0.15) is 0 Å². The van der Waals surface area contributed by atoms with Gasteiger partial charge in [0.25, 0.3) is 0 Å². The molecule has 2 atom stereocenters. The third-order valence-corrected chi connectivity index (χ3v) is 4.75. The van der Waals surface area contributed by atoms with Gasteiger partial charge >= 0.3 is 0 Å².